The molecule has 4 aromatic rings. The molecule has 5 rings (SSSR count). The molecule has 0 fully saturated rings. The Balaban J connectivity index is 1.60. The van der Waals surface area contributed by atoms with Crippen LogP contribution in [0.15, 0.2) is 96.0 Å². The fourth-order valence-electron chi connectivity index (χ4n) is 5.15. The van der Waals surface area contributed by atoms with Gasteiger partial charge in [0.1, 0.15) is 5.82 Å². The van der Waals surface area contributed by atoms with E-state index in [1.54, 1.807) is 0 Å². The Kier molecular flexibility index (Phi) is 6.27. The van der Waals surface area contributed by atoms with E-state index in [4.69, 9.17) is 5.10 Å². The monoisotopic (exact) mass is 481 g/mol. The fraction of sp³-hybridized carbons (Fsp3) is 0.323. The molecule has 2 heterocycles. The molecule has 1 aliphatic rings. The van der Waals surface area contributed by atoms with Gasteiger partial charge in [-0.05, 0) is 57.7 Å². The number of hydrogen-bond donors (Lipinski definition) is 0. The van der Waals surface area contributed by atoms with Crippen LogP contribution in [0.1, 0.15) is 62.4 Å². The second-order valence-electron chi connectivity index (χ2n) is 10.8. The van der Waals surface area contributed by atoms with Crippen molar-refractivity contribution in [3.05, 3.63) is 113 Å². The lowest BCUT2D eigenvalue weighted by atomic mass is 9.87. The van der Waals surface area contributed by atoms with Crippen molar-refractivity contribution in [1.29, 1.82) is 0 Å². The summed E-state index contributed by atoms with van der Waals surface area (Å²) in [5.41, 5.74) is 5.21. The average molecular weight is 482 g/mol. The molecule has 35 heavy (non-hydrogen) atoms. The predicted molar refractivity (Wildman–Crippen MR) is 148 cm³/mol. The molecule has 1 aromatic heterocycles. The van der Waals surface area contributed by atoms with Gasteiger partial charge < -0.3 is 4.90 Å². The van der Waals surface area contributed by atoms with Crippen molar-refractivity contribution < 1.29 is 0 Å². The predicted octanol–water partition coefficient (Wildman–Crippen LogP) is 8.11. The first-order chi connectivity index (χ1) is 16.7. The highest BCUT2D eigenvalue weighted by Crippen LogP contribution is 2.51. The fourth-order valence-corrected chi connectivity index (χ4v) is 6.35. The third-order valence-corrected chi connectivity index (χ3v) is 8.37. The summed E-state index contributed by atoms with van der Waals surface area (Å²) in [5, 5.41) is 4.98. The van der Waals surface area contributed by atoms with E-state index in [9.17, 15) is 0 Å². The smallest absolute Gasteiger partial charge is 0.142 e. The van der Waals surface area contributed by atoms with E-state index in [1.165, 1.54) is 33.0 Å². The van der Waals surface area contributed by atoms with Gasteiger partial charge in [0.05, 0.1) is 22.7 Å². The summed E-state index contributed by atoms with van der Waals surface area (Å²) in [4.78, 5) is 3.82. The van der Waals surface area contributed by atoms with E-state index in [0.717, 1.165) is 13.0 Å². The lowest BCUT2D eigenvalue weighted by Gasteiger charge is -2.46. The van der Waals surface area contributed by atoms with Crippen LogP contribution in [0.2, 0.25) is 0 Å². The topological polar surface area (TPSA) is 21.1 Å². The van der Waals surface area contributed by atoms with Crippen LogP contribution in [0.4, 0.5) is 5.82 Å². The first-order valence-electron chi connectivity index (χ1n) is 12.4. The minimum absolute atomic E-state index is 0.0830. The van der Waals surface area contributed by atoms with Crippen LogP contribution in [-0.2, 0) is 16.8 Å². The molecule has 3 nitrogen and oxygen atoms in total. The third-order valence-electron chi connectivity index (χ3n) is 7.12. The number of aromatic nitrogens is 2. The second-order valence-corrected chi connectivity index (χ2v) is 12.4. The van der Waals surface area contributed by atoms with E-state index < -0.39 is 0 Å². The van der Waals surface area contributed by atoms with Crippen LogP contribution in [0.3, 0.4) is 0 Å². The van der Waals surface area contributed by atoms with Crippen LogP contribution < -0.4 is 4.90 Å². The molecule has 0 bridgehead atoms. The number of nitrogens with zero attached hydrogens (tertiary/aromatic N) is 3. The average Bonchev–Trinajstić information content (AvgIpc) is 3.26. The number of hydrogen-bond acceptors (Lipinski definition) is 3. The van der Waals surface area contributed by atoms with Crippen LogP contribution in [0.25, 0.3) is 0 Å². The molecule has 0 N–H and O–H groups in total. The standard InChI is InChI=1S/C31H35N3S/c1-23-16-18-26(19-17-23)31(4,5)35-28-21-32-34-29(28)33(22-24-12-8-6-9-13-24)27(20-30(34,2)3)25-14-10-7-11-15-25/h6-19,21,27H,20,22H2,1-5H3. The van der Waals surface area contributed by atoms with Crippen LogP contribution in [-0.4, -0.2) is 9.78 Å². The molecule has 0 amide bonds. The van der Waals surface area contributed by atoms with E-state index in [0.29, 0.717) is 0 Å². The number of rotatable bonds is 6. The van der Waals surface area contributed by atoms with Crippen LogP contribution in [0, 0.1) is 6.92 Å². The van der Waals surface area contributed by atoms with Gasteiger partial charge >= 0.3 is 0 Å². The molecule has 1 unspecified atom stereocenters. The van der Waals surface area contributed by atoms with Gasteiger partial charge in [-0.15, -0.1) is 11.8 Å². The van der Waals surface area contributed by atoms with Gasteiger partial charge in [-0.1, -0.05) is 90.5 Å². The van der Waals surface area contributed by atoms with E-state index in [-0.39, 0.29) is 16.3 Å². The molecule has 4 heteroatoms. The number of anilines is 1. The molecule has 180 valence electrons. The second kappa shape index (κ2) is 9.23. The van der Waals surface area contributed by atoms with Gasteiger partial charge in [0.25, 0.3) is 0 Å². The maximum Gasteiger partial charge on any atom is 0.142 e. The van der Waals surface area contributed by atoms with Crippen molar-refractivity contribution >= 4 is 17.6 Å². The summed E-state index contributed by atoms with van der Waals surface area (Å²) in [6.45, 7) is 12.3. The van der Waals surface area contributed by atoms with Gasteiger partial charge in [0, 0.05) is 11.3 Å². The van der Waals surface area contributed by atoms with E-state index in [2.05, 4.69) is 135 Å². The minimum Gasteiger partial charge on any atom is -0.344 e. The first kappa shape index (κ1) is 23.7. The maximum atomic E-state index is 4.98. The largest absolute Gasteiger partial charge is 0.344 e. The summed E-state index contributed by atoms with van der Waals surface area (Å²) in [6.07, 6.45) is 3.09. The number of thioether (sulfide) groups is 1. The summed E-state index contributed by atoms with van der Waals surface area (Å²) < 4.78 is 2.18. The minimum atomic E-state index is -0.0875. The van der Waals surface area contributed by atoms with Crippen molar-refractivity contribution in [1.82, 2.24) is 9.78 Å². The zero-order valence-electron chi connectivity index (χ0n) is 21.4. The van der Waals surface area contributed by atoms with Crippen molar-refractivity contribution in [2.75, 3.05) is 4.90 Å². The summed E-state index contributed by atoms with van der Waals surface area (Å²) in [5.74, 6) is 1.23. The van der Waals surface area contributed by atoms with Crippen LogP contribution >= 0.6 is 11.8 Å². The van der Waals surface area contributed by atoms with Gasteiger partial charge in [0.2, 0.25) is 0 Å². The molecule has 0 aliphatic carbocycles. The molecule has 0 spiro atoms. The quantitative estimate of drug-likeness (QED) is 0.260. The Morgan fingerprint density at radius 3 is 2.20 bits per heavy atom. The van der Waals surface area contributed by atoms with Crippen molar-refractivity contribution in [2.24, 2.45) is 0 Å². The molecule has 1 atom stereocenters. The maximum absolute atomic E-state index is 4.98. The number of aryl methyl sites for hydroxylation is 1. The highest BCUT2D eigenvalue weighted by Gasteiger charge is 2.41. The van der Waals surface area contributed by atoms with Crippen LogP contribution in [0.5, 0.6) is 0 Å². The zero-order chi connectivity index (χ0) is 24.6. The molecule has 3 aromatic carbocycles. The van der Waals surface area contributed by atoms with Crippen molar-refractivity contribution in [3.8, 4) is 0 Å². The van der Waals surface area contributed by atoms with Gasteiger partial charge in [-0.3, -0.25) is 0 Å². The molecular formula is C31H35N3S. The van der Waals surface area contributed by atoms with Crippen molar-refractivity contribution in [2.45, 2.75) is 68.8 Å². The first-order valence-corrected chi connectivity index (χ1v) is 13.3. The molecule has 0 saturated carbocycles. The molecule has 0 saturated heterocycles. The van der Waals surface area contributed by atoms with E-state index >= 15 is 0 Å². The van der Waals surface area contributed by atoms with Gasteiger partial charge in [-0.25, -0.2) is 4.68 Å². The Morgan fingerprint density at radius 2 is 1.54 bits per heavy atom. The third kappa shape index (κ3) is 4.77. The SMILES string of the molecule is Cc1ccc(C(C)(C)Sc2cnn3c2N(Cc2ccccc2)C(c2ccccc2)CC3(C)C)cc1. The highest BCUT2D eigenvalue weighted by atomic mass is 32.2. The summed E-state index contributed by atoms with van der Waals surface area (Å²) in [7, 11) is 0. The van der Waals surface area contributed by atoms with Crippen molar-refractivity contribution in [3.63, 3.8) is 0 Å². The Labute approximate surface area is 214 Å². The zero-order valence-corrected chi connectivity index (χ0v) is 22.2. The highest BCUT2D eigenvalue weighted by molar-refractivity contribution is 8.00. The normalized spacial score (nSPS) is 17.3. The Bertz CT molecular complexity index is 1270. The molecule has 0 radical (unpaired) electrons. The summed E-state index contributed by atoms with van der Waals surface area (Å²) >= 11 is 1.91. The number of benzene rings is 3. The summed E-state index contributed by atoms with van der Waals surface area (Å²) in [6, 6.07) is 31.0. The molecule has 1 aliphatic heterocycles. The van der Waals surface area contributed by atoms with Gasteiger partial charge in [-0.2, -0.15) is 5.10 Å². The Morgan fingerprint density at radius 1 is 0.914 bits per heavy atom. The van der Waals surface area contributed by atoms with E-state index in [1.807, 2.05) is 11.8 Å². The lowest BCUT2D eigenvalue weighted by Crippen LogP contribution is -2.44. The number of fused-ring (bicyclic) bond motifs is 1. The van der Waals surface area contributed by atoms with Gasteiger partial charge in [0.15, 0.2) is 0 Å². The lowest BCUT2D eigenvalue weighted by molar-refractivity contribution is 0.238. The Hall–Kier alpha value is -2.98. The molecular weight excluding hydrogens is 446 g/mol.